The van der Waals surface area contributed by atoms with Gasteiger partial charge >= 0.3 is 0 Å². The number of amides is 1. The van der Waals surface area contributed by atoms with Gasteiger partial charge in [-0.05, 0) is 47.0 Å². The maximum atomic E-state index is 14.4. The van der Waals surface area contributed by atoms with E-state index in [2.05, 4.69) is 25.9 Å². The van der Waals surface area contributed by atoms with Crippen molar-refractivity contribution in [3.8, 4) is 17.3 Å². The maximum absolute atomic E-state index is 14.4. The third kappa shape index (κ3) is 3.91. The Bertz CT molecular complexity index is 963. The number of ether oxygens (including phenoxy) is 1. The zero-order valence-electron chi connectivity index (χ0n) is 14.8. The summed E-state index contributed by atoms with van der Waals surface area (Å²) in [6.07, 6.45) is 5.87. The third-order valence-corrected chi connectivity index (χ3v) is 5.01. The van der Waals surface area contributed by atoms with Gasteiger partial charge < -0.3 is 14.1 Å². The van der Waals surface area contributed by atoms with Crippen LogP contribution in [0.25, 0.3) is 11.5 Å². The number of hydrogen-bond donors (Lipinski definition) is 0. The second-order valence-corrected chi connectivity index (χ2v) is 7.36. The second-order valence-electron chi connectivity index (χ2n) is 6.45. The highest BCUT2D eigenvalue weighted by molar-refractivity contribution is 9.10. The van der Waals surface area contributed by atoms with Crippen LogP contribution in [-0.4, -0.2) is 40.0 Å². The minimum absolute atomic E-state index is 0.0788. The molecule has 1 atom stereocenters. The Morgan fingerprint density at radius 1 is 1.29 bits per heavy atom. The topological polar surface area (TPSA) is 68.5 Å². The van der Waals surface area contributed by atoms with Gasteiger partial charge in [-0.25, -0.2) is 14.4 Å². The predicted molar refractivity (Wildman–Crippen MR) is 103 cm³/mol. The molecule has 1 aliphatic rings. The molecule has 3 aromatic rings. The zero-order chi connectivity index (χ0) is 19.5. The van der Waals surface area contributed by atoms with Gasteiger partial charge in [0, 0.05) is 23.3 Å². The lowest BCUT2D eigenvalue weighted by molar-refractivity contribution is 0.0528. The molecule has 28 heavy (non-hydrogen) atoms. The molecule has 0 saturated carbocycles. The Morgan fingerprint density at radius 2 is 2.18 bits per heavy atom. The maximum Gasteiger partial charge on any atom is 0.254 e. The lowest BCUT2D eigenvalue weighted by atomic mass is 10.0. The number of halogens is 2. The van der Waals surface area contributed by atoms with Gasteiger partial charge in [-0.15, -0.1) is 0 Å². The first-order valence-corrected chi connectivity index (χ1v) is 9.67. The number of benzene rings is 1. The van der Waals surface area contributed by atoms with Crippen molar-refractivity contribution >= 4 is 21.8 Å². The second kappa shape index (κ2) is 8.10. The van der Waals surface area contributed by atoms with Crippen LogP contribution in [-0.2, 0) is 0 Å². The molecule has 1 aliphatic heterocycles. The fourth-order valence-electron chi connectivity index (χ4n) is 3.26. The molecule has 3 heterocycles. The summed E-state index contributed by atoms with van der Waals surface area (Å²) in [6.45, 7) is 0.978. The molecule has 0 spiro atoms. The molecule has 0 unspecified atom stereocenters. The van der Waals surface area contributed by atoms with E-state index >= 15 is 0 Å². The van der Waals surface area contributed by atoms with Crippen molar-refractivity contribution in [1.82, 2.24) is 14.9 Å². The van der Waals surface area contributed by atoms with E-state index in [4.69, 9.17) is 9.15 Å². The lowest BCUT2D eigenvalue weighted by Crippen LogP contribution is -2.44. The fraction of sp³-hybridized carbons (Fsp3) is 0.250. The molecule has 0 aliphatic carbocycles. The zero-order valence-corrected chi connectivity index (χ0v) is 16.4. The standard InChI is InChI=1S/C20H17BrFN3O3/c21-13-6-7-17(24-11-13)28-14-3-2-9-25(12-14)20(26)15-4-1-5-16(22)18(15)19-23-8-10-27-19/h1,4-8,10-11,14H,2-3,9,12H2/t14-/m1/s1. The minimum atomic E-state index is -0.544. The Kier molecular flexibility index (Phi) is 5.38. The van der Waals surface area contributed by atoms with Crippen molar-refractivity contribution in [2.75, 3.05) is 13.1 Å². The number of nitrogens with zero attached hydrogens (tertiary/aromatic N) is 3. The minimum Gasteiger partial charge on any atom is -0.472 e. The van der Waals surface area contributed by atoms with Crippen LogP contribution in [0.15, 0.2) is 57.9 Å². The fourth-order valence-corrected chi connectivity index (χ4v) is 3.49. The molecule has 1 aromatic carbocycles. The van der Waals surface area contributed by atoms with Gasteiger partial charge in [-0.3, -0.25) is 4.79 Å². The number of pyridine rings is 1. The summed E-state index contributed by atoms with van der Waals surface area (Å²) in [6, 6.07) is 8.02. The first kappa shape index (κ1) is 18.6. The number of likely N-dealkylation sites (tertiary alicyclic amines) is 1. The normalized spacial score (nSPS) is 16.8. The van der Waals surface area contributed by atoms with Crippen molar-refractivity contribution in [3.05, 3.63) is 64.8 Å². The molecule has 1 fully saturated rings. The van der Waals surface area contributed by atoms with Crippen LogP contribution in [0, 0.1) is 5.82 Å². The van der Waals surface area contributed by atoms with Crippen molar-refractivity contribution < 1.29 is 18.3 Å². The quantitative estimate of drug-likeness (QED) is 0.597. The van der Waals surface area contributed by atoms with Crippen molar-refractivity contribution in [1.29, 1.82) is 0 Å². The van der Waals surface area contributed by atoms with E-state index in [1.165, 1.54) is 24.6 Å². The molecule has 0 bridgehead atoms. The van der Waals surface area contributed by atoms with Crippen LogP contribution in [0.1, 0.15) is 23.2 Å². The molecule has 4 rings (SSSR count). The number of oxazole rings is 1. The monoisotopic (exact) mass is 445 g/mol. The van der Waals surface area contributed by atoms with Gasteiger partial charge in [0.25, 0.3) is 5.91 Å². The number of hydrogen-bond acceptors (Lipinski definition) is 5. The molecule has 1 saturated heterocycles. The van der Waals surface area contributed by atoms with Gasteiger partial charge in [0.2, 0.25) is 11.8 Å². The number of aromatic nitrogens is 2. The van der Waals surface area contributed by atoms with E-state index in [0.717, 1.165) is 17.3 Å². The van der Waals surface area contributed by atoms with Crippen LogP contribution in [0.3, 0.4) is 0 Å². The molecule has 2 aromatic heterocycles. The summed E-state index contributed by atoms with van der Waals surface area (Å²) < 4.78 is 26.4. The summed E-state index contributed by atoms with van der Waals surface area (Å²) in [7, 11) is 0. The number of carbonyl (C=O) groups excluding carboxylic acids is 1. The summed E-state index contributed by atoms with van der Waals surface area (Å²) >= 11 is 3.34. The largest absolute Gasteiger partial charge is 0.472 e. The van der Waals surface area contributed by atoms with Gasteiger partial charge in [-0.2, -0.15) is 0 Å². The van der Waals surface area contributed by atoms with Crippen molar-refractivity contribution in [2.24, 2.45) is 0 Å². The Labute approximate surface area is 169 Å². The van der Waals surface area contributed by atoms with Gasteiger partial charge in [0.1, 0.15) is 18.2 Å². The van der Waals surface area contributed by atoms with Crippen LogP contribution in [0.4, 0.5) is 4.39 Å². The molecule has 0 radical (unpaired) electrons. The highest BCUT2D eigenvalue weighted by Crippen LogP contribution is 2.28. The third-order valence-electron chi connectivity index (χ3n) is 4.54. The van der Waals surface area contributed by atoms with E-state index in [1.807, 2.05) is 6.07 Å². The summed E-state index contributed by atoms with van der Waals surface area (Å²) in [4.78, 5) is 23.0. The highest BCUT2D eigenvalue weighted by Gasteiger charge is 2.29. The smallest absolute Gasteiger partial charge is 0.254 e. The van der Waals surface area contributed by atoms with Crippen LogP contribution in [0.2, 0.25) is 0 Å². The molecular formula is C20H17BrFN3O3. The summed E-state index contributed by atoms with van der Waals surface area (Å²) in [5, 5.41) is 0. The summed E-state index contributed by atoms with van der Waals surface area (Å²) in [5.74, 6) is -0.221. The SMILES string of the molecule is O=C(c1cccc(F)c1-c1ncco1)N1CCC[C@@H](Oc2ccc(Br)cn2)C1. The molecule has 0 N–H and O–H groups in total. The van der Waals surface area contributed by atoms with E-state index in [0.29, 0.717) is 19.0 Å². The number of rotatable bonds is 4. The van der Waals surface area contributed by atoms with E-state index in [1.54, 1.807) is 23.2 Å². The molecule has 144 valence electrons. The molecule has 1 amide bonds. The first-order valence-electron chi connectivity index (χ1n) is 8.87. The average molecular weight is 446 g/mol. The van der Waals surface area contributed by atoms with Crippen molar-refractivity contribution in [2.45, 2.75) is 18.9 Å². The number of piperidine rings is 1. The van der Waals surface area contributed by atoms with Gasteiger partial charge in [0.15, 0.2) is 0 Å². The van der Waals surface area contributed by atoms with Gasteiger partial charge in [0.05, 0.1) is 23.9 Å². The first-order chi connectivity index (χ1) is 13.6. The summed E-state index contributed by atoms with van der Waals surface area (Å²) in [5.41, 5.74) is 0.306. The van der Waals surface area contributed by atoms with E-state index in [9.17, 15) is 9.18 Å². The van der Waals surface area contributed by atoms with E-state index in [-0.39, 0.29) is 29.0 Å². The van der Waals surface area contributed by atoms with Crippen LogP contribution in [0.5, 0.6) is 5.88 Å². The molecule has 8 heteroatoms. The Balaban J connectivity index is 1.54. The lowest BCUT2D eigenvalue weighted by Gasteiger charge is -2.33. The van der Waals surface area contributed by atoms with Crippen LogP contribution < -0.4 is 4.74 Å². The Morgan fingerprint density at radius 3 is 2.93 bits per heavy atom. The molecular weight excluding hydrogens is 429 g/mol. The average Bonchev–Trinajstić information content (AvgIpc) is 3.23. The van der Waals surface area contributed by atoms with Crippen molar-refractivity contribution in [3.63, 3.8) is 0 Å². The predicted octanol–water partition coefficient (Wildman–Crippen LogP) is 4.32. The van der Waals surface area contributed by atoms with Crippen LogP contribution >= 0.6 is 15.9 Å². The highest BCUT2D eigenvalue weighted by atomic mass is 79.9. The van der Waals surface area contributed by atoms with E-state index < -0.39 is 5.82 Å². The van der Waals surface area contributed by atoms with Gasteiger partial charge in [-0.1, -0.05) is 6.07 Å². The number of carbonyl (C=O) groups is 1. The Hall–Kier alpha value is -2.74. The molecule has 6 nitrogen and oxygen atoms in total.